The van der Waals surface area contributed by atoms with Gasteiger partial charge in [0.05, 0.1) is 12.7 Å². The summed E-state index contributed by atoms with van der Waals surface area (Å²) in [7, 11) is 0. The van der Waals surface area contributed by atoms with Crippen molar-refractivity contribution in [2.45, 2.75) is 45.4 Å². The van der Waals surface area contributed by atoms with Gasteiger partial charge in [0.1, 0.15) is 12.7 Å². The molecule has 1 fully saturated rings. The number of hydrogen-bond acceptors (Lipinski definition) is 4. The average Bonchev–Trinajstić information content (AvgIpc) is 2.64. The Morgan fingerprint density at radius 2 is 2.00 bits per heavy atom. The van der Waals surface area contributed by atoms with Gasteiger partial charge in [-0.15, -0.1) is 0 Å². The third-order valence-electron chi connectivity index (χ3n) is 4.35. The summed E-state index contributed by atoms with van der Waals surface area (Å²) in [5.74, 6) is -0.0474. The zero-order valence-corrected chi connectivity index (χ0v) is 15.3. The van der Waals surface area contributed by atoms with Gasteiger partial charge in [0.25, 0.3) is 6.57 Å². The van der Waals surface area contributed by atoms with Crippen molar-refractivity contribution in [2.24, 2.45) is 11.8 Å². The summed E-state index contributed by atoms with van der Waals surface area (Å²) in [4.78, 5) is 15.8. The van der Waals surface area contributed by atoms with Crippen LogP contribution in [0.3, 0.4) is 0 Å². The minimum atomic E-state index is -0.788. The van der Waals surface area contributed by atoms with Crippen molar-refractivity contribution < 1.29 is 19.0 Å². The molecule has 1 aromatic rings. The molecule has 1 aliphatic rings. The van der Waals surface area contributed by atoms with Crippen LogP contribution in [0.2, 0.25) is 0 Å². The average molecular weight is 346 g/mol. The molecule has 1 saturated heterocycles. The molecule has 0 bridgehead atoms. The Morgan fingerprint density at radius 3 is 2.64 bits per heavy atom. The molecule has 4 atom stereocenters. The molecule has 5 nitrogen and oxygen atoms in total. The van der Waals surface area contributed by atoms with Gasteiger partial charge >= 0.3 is 12.0 Å². The van der Waals surface area contributed by atoms with Gasteiger partial charge < -0.3 is 14.2 Å². The zero-order chi connectivity index (χ0) is 18.2. The Bertz CT molecular complexity index is 581. The largest absolute Gasteiger partial charge is 0.456 e. The molecule has 0 unspecified atom stereocenters. The Balaban J connectivity index is 2.21. The van der Waals surface area contributed by atoms with Crippen LogP contribution in [0.1, 0.15) is 26.3 Å². The summed E-state index contributed by atoms with van der Waals surface area (Å²) < 4.78 is 17.4. The van der Waals surface area contributed by atoms with Crippen molar-refractivity contribution in [1.82, 2.24) is 0 Å². The summed E-state index contributed by atoms with van der Waals surface area (Å²) in [6, 6.07) is 9.35. The number of esters is 1. The van der Waals surface area contributed by atoms with Gasteiger partial charge in [-0.2, -0.15) is 0 Å². The van der Waals surface area contributed by atoms with Crippen LogP contribution in [-0.4, -0.2) is 44.0 Å². The van der Waals surface area contributed by atoms with Crippen LogP contribution >= 0.6 is 0 Å². The van der Waals surface area contributed by atoms with E-state index in [0.29, 0.717) is 19.1 Å². The number of carbonyl (C=O) groups is 1. The van der Waals surface area contributed by atoms with Crippen molar-refractivity contribution in [3.8, 4) is 6.57 Å². The first-order chi connectivity index (χ1) is 12.0. The molecular formula is C20H28NO4+. The Hall–Kier alpha value is -1.90. The van der Waals surface area contributed by atoms with E-state index in [1.165, 1.54) is 5.56 Å². The second-order valence-corrected chi connectivity index (χ2v) is 6.96. The fourth-order valence-electron chi connectivity index (χ4n) is 2.91. The zero-order valence-electron chi connectivity index (χ0n) is 15.3. The molecule has 0 N–H and O–H groups in total. The fraction of sp³-hybridized carbons (Fsp3) is 0.600. The standard InChI is InChI=1S/C20H28NO4/c1-14(2)11-24-19-13-23-12-18(21-4)20(22)25-15(3)17(19)10-16-8-6-5-7-9-16/h4-9,14-15,17-19H,10-13H2,1-3H3/q+1/t15-,17-,18-,19-/m0/s1. The van der Waals surface area contributed by atoms with E-state index in [1.54, 1.807) is 0 Å². The lowest BCUT2D eigenvalue weighted by molar-refractivity contribution is -0.153. The van der Waals surface area contributed by atoms with Crippen LogP contribution in [0.5, 0.6) is 0 Å². The molecule has 0 aromatic heterocycles. The minimum absolute atomic E-state index is 0.0124. The highest BCUT2D eigenvalue weighted by Gasteiger charge is 2.38. The third kappa shape index (κ3) is 5.84. The molecule has 1 aromatic carbocycles. The highest BCUT2D eigenvalue weighted by atomic mass is 16.6. The monoisotopic (exact) mass is 346 g/mol. The Kier molecular flexibility index (Phi) is 7.42. The van der Waals surface area contributed by atoms with Crippen molar-refractivity contribution >= 4 is 5.97 Å². The van der Waals surface area contributed by atoms with Gasteiger partial charge in [0, 0.05) is 12.5 Å². The lowest BCUT2D eigenvalue weighted by Crippen LogP contribution is -2.39. The first-order valence-corrected chi connectivity index (χ1v) is 8.85. The second-order valence-electron chi connectivity index (χ2n) is 6.96. The summed E-state index contributed by atoms with van der Waals surface area (Å²) in [5.41, 5.74) is 1.17. The molecule has 0 spiro atoms. The molecule has 5 heteroatoms. The molecule has 0 radical (unpaired) electrons. The van der Waals surface area contributed by atoms with Crippen molar-refractivity contribution in [3.63, 3.8) is 0 Å². The predicted molar refractivity (Wildman–Crippen MR) is 96.7 cm³/mol. The number of hydrogen-bond donors (Lipinski definition) is 0. The quantitative estimate of drug-likeness (QED) is 0.769. The molecule has 0 amide bonds. The van der Waals surface area contributed by atoms with E-state index < -0.39 is 12.0 Å². The maximum absolute atomic E-state index is 12.2. The van der Waals surface area contributed by atoms with Gasteiger partial charge in [0.2, 0.25) is 0 Å². The smallest absolute Gasteiger partial charge is 0.397 e. The van der Waals surface area contributed by atoms with Crippen molar-refractivity contribution in [1.29, 1.82) is 0 Å². The Morgan fingerprint density at radius 1 is 1.28 bits per heavy atom. The van der Waals surface area contributed by atoms with Crippen LogP contribution in [0.4, 0.5) is 0 Å². The van der Waals surface area contributed by atoms with Crippen LogP contribution in [0.25, 0.3) is 4.85 Å². The molecule has 0 aliphatic carbocycles. The number of cyclic esters (lactones) is 1. The van der Waals surface area contributed by atoms with Gasteiger partial charge in [0.15, 0.2) is 0 Å². The molecule has 0 saturated carbocycles. The van der Waals surface area contributed by atoms with E-state index in [1.807, 2.05) is 25.1 Å². The molecule has 136 valence electrons. The van der Waals surface area contributed by atoms with E-state index in [2.05, 4.69) is 30.8 Å². The number of benzene rings is 1. The maximum Gasteiger partial charge on any atom is 0.397 e. The van der Waals surface area contributed by atoms with Crippen LogP contribution in [-0.2, 0) is 25.4 Å². The van der Waals surface area contributed by atoms with E-state index in [-0.39, 0.29) is 24.7 Å². The Labute approximate surface area is 150 Å². The van der Waals surface area contributed by atoms with Gasteiger partial charge in [-0.05, 0) is 24.8 Å². The summed E-state index contributed by atoms with van der Waals surface area (Å²) in [6.07, 6.45) is 0.254. The highest BCUT2D eigenvalue weighted by molar-refractivity contribution is 5.78. The normalized spacial score (nSPS) is 27.7. The van der Waals surface area contributed by atoms with Crippen LogP contribution in [0.15, 0.2) is 30.3 Å². The van der Waals surface area contributed by atoms with Gasteiger partial charge in [-0.1, -0.05) is 49.0 Å². The lowest BCUT2D eigenvalue weighted by atomic mass is 9.89. The minimum Gasteiger partial charge on any atom is -0.456 e. The summed E-state index contributed by atoms with van der Waals surface area (Å²) in [6.45, 7) is 12.6. The maximum atomic E-state index is 12.2. The lowest BCUT2D eigenvalue weighted by Gasteiger charge is -2.31. The van der Waals surface area contributed by atoms with Gasteiger partial charge in [-0.3, -0.25) is 0 Å². The summed E-state index contributed by atoms with van der Waals surface area (Å²) in [5, 5.41) is 0. The van der Waals surface area contributed by atoms with E-state index in [4.69, 9.17) is 20.8 Å². The molecule has 1 aliphatic heterocycles. The molecular weight excluding hydrogens is 318 g/mol. The molecule has 25 heavy (non-hydrogen) atoms. The van der Waals surface area contributed by atoms with Gasteiger partial charge in [-0.25, -0.2) is 4.79 Å². The highest BCUT2D eigenvalue weighted by Crippen LogP contribution is 2.24. The number of ether oxygens (including phenoxy) is 3. The summed E-state index contributed by atoms with van der Waals surface area (Å²) >= 11 is 0. The van der Waals surface area contributed by atoms with E-state index >= 15 is 0 Å². The topological polar surface area (TPSA) is 49.1 Å². The van der Waals surface area contributed by atoms with Crippen molar-refractivity contribution in [2.75, 3.05) is 19.8 Å². The van der Waals surface area contributed by atoms with Crippen LogP contribution in [0, 0.1) is 18.4 Å². The number of rotatable bonds is 5. The molecule has 2 rings (SSSR count). The van der Waals surface area contributed by atoms with Crippen molar-refractivity contribution in [3.05, 3.63) is 40.7 Å². The molecule has 1 heterocycles. The third-order valence-corrected chi connectivity index (χ3v) is 4.35. The van der Waals surface area contributed by atoms with Crippen LogP contribution < -0.4 is 0 Å². The SMILES string of the molecule is C#[N+][C@H]1COC[C@H](OCC(C)C)[C@@H](Cc2ccccc2)[C@H](C)OC1=O. The fourth-order valence-corrected chi connectivity index (χ4v) is 2.91. The predicted octanol–water partition coefficient (Wildman–Crippen LogP) is 3.18. The first-order valence-electron chi connectivity index (χ1n) is 8.85. The van der Waals surface area contributed by atoms with E-state index in [9.17, 15) is 4.79 Å². The first kappa shape index (κ1) is 19.4. The number of carbonyl (C=O) groups excluding carboxylic acids is 1. The van der Waals surface area contributed by atoms with E-state index in [0.717, 1.165) is 6.42 Å². The number of nitrogens with zero attached hydrogens (tertiary/aromatic N) is 1. The second kappa shape index (κ2) is 9.55.